The smallest absolute Gasteiger partial charge is 0.340 e. The highest BCUT2D eigenvalue weighted by Crippen LogP contribution is 2.18. The van der Waals surface area contributed by atoms with Gasteiger partial charge in [0.15, 0.2) is 0 Å². The summed E-state index contributed by atoms with van der Waals surface area (Å²) < 4.78 is 5.42. The number of hydrogen-bond acceptors (Lipinski definition) is 1. The lowest BCUT2D eigenvalue weighted by Crippen LogP contribution is -1.95. The van der Waals surface area contributed by atoms with E-state index in [1.165, 1.54) is 0 Å². The van der Waals surface area contributed by atoms with Crippen molar-refractivity contribution < 1.29 is 4.74 Å². The van der Waals surface area contributed by atoms with E-state index in [1.54, 1.807) is 0 Å². The Balaban J connectivity index is 2.25. The van der Waals surface area contributed by atoms with Gasteiger partial charge >= 0.3 is 11.8 Å². The van der Waals surface area contributed by atoms with Crippen molar-refractivity contribution in [2.45, 2.75) is 0 Å². The second kappa shape index (κ2) is 6.13. The summed E-state index contributed by atoms with van der Waals surface area (Å²) in [6.07, 6.45) is 5.17. The number of nitrogens with zero attached hydrogens (tertiary/aromatic N) is 1. The van der Waals surface area contributed by atoms with Crippen LogP contribution < -0.4 is 4.74 Å². The van der Waals surface area contributed by atoms with Crippen LogP contribution in [-0.4, -0.2) is 6.61 Å². The summed E-state index contributed by atoms with van der Waals surface area (Å²) in [5.74, 6) is 3.13. The van der Waals surface area contributed by atoms with Crippen LogP contribution in [0.1, 0.15) is 5.56 Å². The highest BCUT2D eigenvalue weighted by atomic mass is 16.5. The van der Waals surface area contributed by atoms with Crippen molar-refractivity contribution in [1.29, 1.82) is 0 Å². The Hall–Kier alpha value is -2.71. The Morgan fingerprint density at radius 2 is 1.72 bits per heavy atom. The van der Waals surface area contributed by atoms with Crippen LogP contribution >= 0.6 is 0 Å². The fraction of sp³-hybridized carbons (Fsp3) is 0.0625. The zero-order valence-electron chi connectivity index (χ0n) is 9.84. The van der Waals surface area contributed by atoms with Crippen molar-refractivity contribution in [2.75, 3.05) is 6.61 Å². The molecule has 2 rings (SSSR count). The number of benzene rings is 2. The van der Waals surface area contributed by atoms with Crippen molar-refractivity contribution >= 4 is 5.69 Å². The number of para-hydroxylation sites is 2. The minimum absolute atomic E-state index is 0.240. The Labute approximate surface area is 107 Å². The van der Waals surface area contributed by atoms with E-state index in [9.17, 15) is 0 Å². The van der Waals surface area contributed by atoms with Crippen LogP contribution in [0.4, 0.5) is 5.69 Å². The molecule has 0 aliphatic carbocycles. The fourth-order valence-electron chi connectivity index (χ4n) is 1.43. The predicted octanol–water partition coefficient (Wildman–Crippen LogP) is 3.71. The predicted molar refractivity (Wildman–Crippen MR) is 73.2 cm³/mol. The molecule has 18 heavy (non-hydrogen) atoms. The van der Waals surface area contributed by atoms with Crippen LogP contribution in [-0.2, 0) is 0 Å². The van der Waals surface area contributed by atoms with E-state index in [0.717, 1.165) is 11.3 Å². The van der Waals surface area contributed by atoms with E-state index in [4.69, 9.17) is 11.2 Å². The monoisotopic (exact) mass is 234 g/mol. The number of terminal acetylenes is 1. The summed E-state index contributed by atoms with van der Waals surface area (Å²) in [5.41, 5.74) is 1.64. The van der Waals surface area contributed by atoms with Gasteiger partial charge in [0, 0.05) is 12.1 Å². The molecule has 0 radical (unpaired) electrons. The molecule has 2 aromatic rings. The van der Waals surface area contributed by atoms with Gasteiger partial charge in [-0.3, -0.25) is 0 Å². The molecule has 0 spiro atoms. The first-order valence-electron chi connectivity index (χ1n) is 5.57. The summed E-state index contributed by atoms with van der Waals surface area (Å²) >= 11 is 0. The molecule has 0 amide bonds. The van der Waals surface area contributed by atoms with Crippen LogP contribution in [0.2, 0.25) is 0 Å². The van der Waals surface area contributed by atoms with Gasteiger partial charge in [-0.05, 0) is 17.0 Å². The molecular weight excluding hydrogens is 222 g/mol. The molecule has 2 nitrogen and oxygen atoms in total. The lowest BCUT2D eigenvalue weighted by molar-refractivity contribution is 0.369. The Morgan fingerprint density at radius 1 is 1.00 bits per heavy atom. The lowest BCUT2D eigenvalue weighted by Gasteiger charge is -2.01. The first-order valence-corrected chi connectivity index (χ1v) is 5.57. The van der Waals surface area contributed by atoms with Gasteiger partial charge in [0.05, 0.1) is 0 Å². The minimum Gasteiger partial charge on any atom is -0.479 e. The average molecular weight is 234 g/mol. The second-order valence-electron chi connectivity index (χ2n) is 3.55. The fourth-order valence-corrected chi connectivity index (χ4v) is 1.43. The molecule has 86 valence electrons. The molecule has 2 heteroatoms. The average Bonchev–Trinajstić information content (AvgIpc) is 2.45. The zero-order valence-corrected chi connectivity index (χ0v) is 9.84. The van der Waals surface area contributed by atoms with E-state index in [1.807, 2.05) is 54.6 Å². The minimum atomic E-state index is 0.240. The van der Waals surface area contributed by atoms with E-state index in [2.05, 4.69) is 16.8 Å². The quantitative estimate of drug-likeness (QED) is 0.722. The summed E-state index contributed by atoms with van der Waals surface area (Å²) in [6, 6.07) is 20.1. The Kier molecular flexibility index (Phi) is 4.01. The number of rotatable bonds is 2. The maximum Gasteiger partial charge on any atom is 0.340 e. The van der Waals surface area contributed by atoms with Gasteiger partial charge in [0.2, 0.25) is 0 Å². The van der Waals surface area contributed by atoms with Crippen LogP contribution in [0, 0.1) is 18.4 Å². The van der Waals surface area contributed by atoms with E-state index in [-0.39, 0.29) is 6.61 Å². The zero-order chi connectivity index (χ0) is 12.6. The molecule has 0 heterocycles. The molecule has 0 N–H and O–H groups in total. The van der Waals surface area contributed by atoms with E-state index < -0.39 is 0 Å². The van der Waals surface area contributed by atoms with Crippen LogP contribution in [0.3, 0.4) is 0 Å². The van der Waals surface area contributed by atoms with Gasteiger partial charge in [-0.2, -0.15) is 0 Å². The summed E-state index contributed by atoms with van der Waals surface area (Å²) in [5, 5.41) is 0. The van der Waals surface area contributed by atoms with Crippen molar-refractivity contribution in [2.24, 2.45) is 0 Å². The van der Waals surface area contributed by atoms with Crippen molar-refractivity contribution in [3.05, 3.63) is 65.0 Å². The van der Waals surface area contributed by atoms with Gasteiger partial charge in [0.1, 0.15) is 17.9 Å². The Bertz CT molecular complexity index is 615. The summed E-state index contributed by atoms with van der Waals surface area (Å²) in [7, 11) is 0. The molecule has 0 saturated carbocycles. The SMILES string of the molecule is C#CCOc1ccccc1C#[N+]c1ccccc1. The van der Waals surface area contributed by atoms with Crippen molar-refractivity contribution in [1.82, 2.24) is 0 Å². The molecule has 0 atom stereocenters. The van der Waals surface area contributed by atoms with Crippen LogP contribution in [0.5, 0.6) is 5.75 Å². The molecule has 0 aliphatic rings. The number of hydrogen-bond donors (Lipinski definition) is 0. The van der Waals surface area contributed by atoms with E-state index in [0.29, 0.717) is 5.75 Å². The molecule has 0 bridgehead atoms. The molecule has 0 unspecified atom stereocenters. The van der Waals surface area contributed by atoms with E-state index >= 15 is 0 Å². The summed E-state index contributed by atoms with van der Waals surface area (Å²) in [4.78, 5) is 4.26. The van der Waals surface area contributed by atoms with Crippen molar-refractivity contribution in [3.63, 3.8) is 0 Å². The third-order valence-electron chi connectivity index (χ3n) is 2.26. The first-order chi connectivity index (χ1) is 8.90. The molecule has 0 aromatic heterocycles. The van der Waals surface area contributed by atoms with Gasteiger partial charge < -0.3 is 4.74 Å². The molecular formula is C16H12NO+. The summed E-state index contributed by atoms with van der Waals surface area (Å²) in [6.45, 7) is 0.240. The van der Waals surface area contributed by atoms with Crippen LogP contribution in [0.15, 0.2) is 54.6 Å². The van der Waals surface area contributed by atoms with Crippen LogP contribution in [0.25, 0.3) is 4.85 Å². The lowest BCUT2D eigenvalue weighted by atomic mass is 10.2. The number of ether oxygens (including phenoxy) is 1. The van der Waals surface area contributed by atoms with Gasteiger partial charge in [-0.15, -0.1) is 6.42 Å². The standard InChI is InChI=1S/C16H12NO/c1-2-12-18-16-11-7-6-8-14(16)13-17-15-9-4-3-5-10-15/h1,3-11H,12H2/q+1. The largest absolute Gasteiger partial charge is 0.479 e. The molecule has 0 fully saturated rings. The Morgan fingerprint density at radius 3 is 2.50 bits per heavy atom. The topological polar surface area (TPSA) is 13.6 Å². The van der Waals surface area contributed by atoms with Gasteiger partial charge in [0.25, 0.3) is 0 Å². The normalized spacial score (nSPS) is 8.83. The second-order valence-corrected chi connectivity index (χ2v) is 3.55. The third-order valence-corrected chi connectivity index (χ3v) is 2.26. The molecule has 0 aliphatic heterocycles. The molecule has 2 aromatic carbocycles. The first kappa shape index (κ1) is 11.8. The molecule has 0 saturated heterocycles. The van der Waals surface area contributed by atoms with Crippen molar-refractivity contribution in [3.8, 4) is 24.2 Å². The van der Waals surface area contributed by atoms with Gasteiger partial charge in [-0.1, -0.05) is 36.3 Å². The highest BCUT2D eigenvalue weighted by Gasteiger charge is 2.05. The highest BCUT2D eigenvalue weighted by molar-refractivity contribution is 5.51. The van der Waals surface area contributed by atoms with Gasteiger partial charge in [-0.25, -0.2) is 0 Å². The third kappa shape index (κ3) is 3.14. The maximum absolute atomic E-state index is 5.42. The maximum atomic E-state index is 5.42.